The molecule has 2 aromatic carbocycles. The maximum absolute atomic E-state index is 4.69. The van der Waals surface area contributed by atoms with Crippen LogP contribution in [-0.4, -0.2) is 19.5 Å². The third-order valence-corrected chi connectivity index (χ3v) is 4.77. The highest BCUT2D eigenvalue weighted by Gasteiger charge is 2.11. The summed E-state index contributed by atoms with van der Waals surface area (Å²) < 4.78 is 2.00. The fraction of sp³-hybridized carbons (Fsp3) is 0.227. The summed E-state index contributed by atoms with van der Waals surface area (Å²) in [4.78, 5) is 13.6. The van der Waals surface area contributed by atoms with Gasteiger partial charge in [0.15, 0.2) is 0 Å². The molecule has 27 heavy (non-hydrogen) atoms. The molecule has 4 aromatic rings. The van der Waals surface area contributed by atoms with Crippen molar-refractivity contribution in [1.82, 2.24) is 19.5 Å². The van der Waals surface area contributed by atoms with E-state index in [9.17, 15) is 0 Å². The molecule has 0 aliphatic rings. The monoisotopic (exact) mass is 357 g/mol. The van der Waals surface area contributed by atoms with Crippen LogP contribution < -0.4 is 5.32 Å². The summed E-state index contributed by atoms with van der Waals surface area (Å²) in [6.07, 6.45) is 3.60. The Balaban J connectivity index is 1.64. The largest absolute Gasteiger partial charge is 0.348 e. The molecule has 2 heterocycles. The van der Waals surface area contributed by atoms with Crippen molar-refractivity contribution in [2.75, 3.05) is 5.32 Å². The number of hydrogen-bond acceptors (Lipinski definition) is 4. The lowest BCUT2D eigenvalue weighted by Crippen LogP contribution is -2.10. The Morgan fingerprint density at radius 1 is 0.889 bits per heavy atom. The summed E-state index contributed by atoms with van der Waals surface area (Å²) in [7, 11) is 0. The zero-order valence-corrected chi connectivity index (χ0v) is 15.8. The van der Waals surface area contributed by atoms with Crippen LogP contribution in [0.25, 0.3) is 16.9 Å². The van der Waals surface area contributed by atoms with E-state index in [2.05, 4.69) is 71.4 Å². The first-order chi connectivity index (χ1) is 13.1. The molecule has 5 heteroatoms. The van der Waals surface area contributed by atoms with Crippen molar-refractivity contribution in [3.8, 4) is 5.82 Å². The smallest absolute Gasteiger partial charge is 0.225 e. The van der Waals surface area contributed by atoms with E-state index < -0.39 is 0 Å². The average Bonchev–Trinajstić information content (AvgIpc) is 3.12. The average molecular weight is 357 g/mol. The molecule has 0 saturated carbocycles. The van der Waals surface area contributed by atoms with Gasteiger partial charge in [-0.2, -0.15) is 4.98 Å². The summed E-state index contributed by atoms with van der Waals surface area (Å²) in [5, 5.41) is 3.38. The highest BCUT2D eigenvalue weighted by molar-refractivity contribution is 5.78. The lowest BCUT2D eigenvalue weighted by atomic mass is 10.0. The van der Waals surface area contributed by atoms with E-state index in [1.54, 1.807) is 6.20 Å². The third-order valence-electron chi connectivity index (χ3n) is 4.77. The Kier molecular flexibility index (Phi) is 4.59. The van der Waals surface area contributed by atoms with E-state index in [0.29, 0.717) is 11.9 Å². The molecule has 0 saturated heterocycles. The second-order valence-corrected chi connectivity index (χ2v) is 7.03. The van der Waals surface area contributed by atoms with Gasteiger partial charge in [-0.3, -0.25) is 4.57 Å². The summed E-state index contributed by atoms with van der Waals surface area (Å²) >= 11 is 0. The predicted molar refractivity (Wildman–Crippen MR) is 109 cm³/mol. The number of aromatic nitrogens is 4. The number of anilines is 1. The molecule has 0 aliphatic heterocycles. The first-order valence-electron chi connectivity index (χ1n) is 9.24. The quantitative estimate of drug-likeness (QED) is 0.539. The molecule has 4 rings (SSSR count). The van der Waals surface area contributed by atoms with Crippen molar-refractivity contribution in [2.24, 2.45) is 0 Å². The van der Waals surface area contributed by atoms with Gasteiger partial charge in [-0.1, -0.05) is 50.2 Å². The Bertz CT molecular complexity index is 1050. The van der Waals surface area contributed by atoms with Crippen molar-refractivity contribution < 1.29 is 0 Å². The van der Waals surface area contributed by atoms with Gasteiger partial charge in [-0.15, -0.1) is 0 Å². The molecular formula is C22H23N5. The normalized spacial score (nSPS) is 12.4. The maximum Gasteiger partial charge on any atom is 0.225 e. The molecule has 0 unspecified atom stereocenters. The van der Waals surface area contributed by atoms with E-state index >= 15 is 0 Å². The molecule has 0 bridgehead atoms. The van der Waals surface area contributed by atoms with Crippen LogP contribution in [0.4, 0.5) is 5.95 Å². The first kappa shape index (κ1) is 17.2. The van der Waals surface area contributed by atoms with Gasteiger partial charge in [0.05, 0.1) is 17.1 Å². The summed E-state index contributed by atoms with van der Waals surface area (Å²) in [6.45, 7) is 6.48. The number of benzene rings is 2. The third kappa shape index (κ3) is 3.53. The molecule has 1 N–H and O–H groups in total. The zero-order chi connectivity index (χ0) is 18.8. The van der Waals surface area contributed by atoms with Crippen LogP contribution in [0.2, 0.25) is 0 Å². The van der Waals surface area contributed by atoms with Crippen LogP contribution in [0.5, 0.6) is 0 Å². The standard InChI is InChI=1S/C22H23N5/c1-15(2)18-9-10-20-19(13-18)24-14-27(20)21-11-12-23-22(26-21)25-16(3)17-7-5-4-6-8-17/h4-16H,1-3H3,(H,23,25,26)/t16-/m0/s1. The molecule has 5 nitrogen and oxygen atoms in total. The van der Waals surface area contributed by atoms with Gasteiger partial charge in [-0.25, -0.2) is 9.97 Å². The van der Waals surface area contributed by atoms with Gasteiger partial charge >= 0.3 is 0 Å². The summed E-state index contributed by atoms with van der Waals surface area (Å²) in [5.41, 5.74) is 4.50. The van der Waals surface area contributed by atoms with Gasteiger partial charge in [-0.05, 0) is 42.2 Å². The maximum atomic E-state index is 4.69. The van der Waals surface area contributed by atoms with Crippen LogP contribution in [0, 0.1) is 0 Å². The molecule has 0 aliphatic carbocycles. The molecule has 0 radical (unpaired) electrons. The molecular weight excluding hydrogens is 334 g/mol. The van der Waals surface area contributed by atoms with Crippen LogP contribution >= 0.6 is 0 Å². The topological polar surface area (TPSA) is 55.6 Å². The summed E-state index contributed by atoms with van der Waals surface area (Å²) in [5.74, 6) is 1.88. The number of fused-ring (bicyclic) bond motifs is 1. The highest BCUT2D eigenvalue weighted by Crippen LogP contribution is 2.23. The lowest BCUT2D eigenvalue weighted by molar-refractivity contribution is 0.854. The van der Waals surface area contributed by atoms with Gasteiger partial charge in [0.2, 0.25) is 5.95 Å². The second kappa shape index (κ2) is 7.19. The molecule has 0 fully saturated rings. The Hall–Kier alpha value is -3.21. The minimum Gasteiger partial charge on any atom is -0.348 e. The fourth-order valence-electron chi connectivity index (χ4n) is 3.14. The van der Waals surface area contributed by atoms with Gasteiger partial charge < -0.3 is 5.32 Å². The van der Waals surface area contributed by atoms with Gasteiger partial charge in [0.25, 0.3) is 0 Å². The molecule has 0 spiro atoms. The Morgan fingerprint density at radius 2 is 1.70 bits per heavy atom. The van der Waals surface area contributed by atoms with Crippen LogP contribution in [0.1, 0.15) is 43.9 Å². The van der Waals surface area contributed by atoms with Crippen LogP contribution in [-0.2, 0) is 0 Å². The number of rotatable bonds is 5. The van der Waals surface area contributed by atoms with E-state index in [1.165, 1.54) is 11.1 Å². The number of hydrogen-bond donors (Lipinski definition) is 1. The Labute approximate surface area is 159 Å². The van der Waals surface area contributed by atoms with Gasteiger partial charge in [0, 0.05) is 6.20 Å². The first-order valence-corrected chi connectivity index (χ1v) is 9.24. The second-order valence-electron chi connectivity index (χ2n) is 7.03. The van der Waals surface area contributed by atoms with E-state index in [-0.39, 0.29) is 6.04 Å². The highest BCUT2D eigenvalue weighted by atomic mass is 15.2. The minimum absolute atomic E-state index is 0.120. The zero-order valence-electron chi connectivity index (χ0n) is 15.8. The van der Waals surface area contributed by atoms with Crippen molar-refractivity contribution in [1.29, 1.82) is 0 Å². The fourth-order valence-corrected chi connectivity index (χ4v) is 3.14. The van der Waals surface area contributed by atoms with Crippen molar-refractivity contribution >= 4 is 17.0 Å². The minimum atomic E-state index is 0.120. The van der Waals surface area contributed by atoms with E-state index in [4.69, 9.17) is 0 Å². The van der Waals surface area contributed by atoms with Crippen molar-refractivity contribution in [3.63, 3.8) is 0 Å². The number of nitrogens with one attached hydrogen (secondary N) is 1. The predicted octanol–water partition coefficient (Wildman–Crippen LogP) is 5.11. The lowest BCUT2D eigenvalue weighted by Gasteiger charge is -2.14. The molecule has 1 atom stereocenters. The number of imidazole rings is 1. The van der Waals surface area contributed by atoms with Crippen molar-refractivity contribution in [2.45, 2.75) is 32.7 Å². The summed E-state index contributed by atoms with van der Waals surface area (Å²) in [6, 6.07) is 18.7. The SMILES string of the molecule is CC(C)c1ccc2c(c1)ncn2-c1ccnc(N[C@@H](C)c2ccccc2)n1. The van der Waals surface area contributed by atoms with Gasteiger partial charge in [0.1, 0.15) is 12.1 Å². The Morgan fingerprint density at radius 3 is 2.48 bits per heavy atom. The number of nitrogens with zero attached hydrogens (tertiary/aromatic N) is 4. The van der Waals surface area contributed by atoms with E-state index in [0.717, 1.165) is 16.9 Å². The molecule has 0 amide bonds. The molecule has 2 aromatic heterocycles. The van der Waals surface area contributed by atoms with Crippen LogP contribution in [0.15, 0.2) is 67.1 Å². The van der Waals surface area contributed by atoms with E-state index in [1.807, 2.05) is 35.2 Å². The van der Waals surface area contributed by atoms with Crippen molar-refractivity contribution in [3.05, 3.63) is 78.2 Å². The van der Waals surface area contributed by atoms with Crippen LogP contribution in [0.3, 0.4) is 0 Å². The molecule has 136 valence electrons.